The summed E-state index contributed by atoms with van der Waals surface area (Å²) >= 11 is 0. The van der Waals surface area contributed by atoms with Crippen LogP contribution in [0.4, 0.5) is 8.78 Å². The number of alkyl halides is 2. The van der Waals surface area contributed by atoms with Crippen molar-refractivity contribution in [2.45, 2.75) is 65.7 Å². The van der Waals surface area contributed by atoms with Crippen LogP contribution in [0.2, 0.25) is 0 Å². The summed E-state index contributed by atoms with van der Waals surface area (Å²) < 4.78 is 29.1. The number of ether oxygens (including phenoxy) is 1. The maximum atomic E-state index is 12.3. The lowest BCUT2D eigenvalue weighted by molar-refractivity contribution is -0.125. The Morgan fingerprint density at radius 1 is 1.33 bits per heavy atom. The predicted molar refractivity (Wildman–Crippen MR) is 88.9 cm³/mol. The molecule has 1 amide bonds. The Bertz CT molecular complexity index is 529. The van der Waals surface area contributed by atoms with Gasteiger partial charge in [-0.1, -0.05) is 46.2 Å². The summed E-state index contributed by atoms with van der Waals surface area (Å²) in [6.45, 7) is 4.67. The van der Waals surface area contributed by atoms with E-state index in [4.69, 9.17) is 0 Å². The highest BCUT2D eigenvalue weighted by Gasteiger charge is 2.25. The Hall–Kier alpha value is -1.69. The number of benzene rings is 1. The van der Waals surface area contributed by atoms with Gasteiger partial charge < -0.3 is 15.2 Å². The molecule has 0 heterocycles. The van der Waals surface area contributed by atoms with Gasteiger partial charge in [-0.3, -0.25) is 4.79 Å². The van der Waals surface area contributed by atoms with Crippen molar-refractivity contribution < 1.29 is 23.4 Å². The number of nitrogens with one attached hydrogen (secondary N) is 1. The van der Waals surface area contributed by atoms with Crippen LogP contribution in [0.3, 0.4) is 0 Å². The minimum absolute atomic E-state index is 0.00304. The van der Waals surface area contributed by atoms with Crippen molar-refractivity contribution >= 4 is 5.91 Å². The molecule has 0 aliphatic heterocycles. The van der Waals surface area contributed by atoms with Crippen LogP contribution in [0, 0.1) is 5.41 Å². The molecule has 0 saturated heterocycles. The largest absolute Gasteiger partial charge is 0.435 e. The number of amides is 1. The fourth-order valence-corrected chi connectivity index (χ4v) is 2.25. The molecule has 0 aliphatic rings. The van der Waals surface area contributed by atoms with Crippen molar-refractivity contribution in [3.8, 4) is 5.75 Å². The van der Waals surface area contributed by atoms with E-state index in [-0.39, 0.29) is 29.5 Å². The van der Waals surface area contributed by atoms with E-state index in [0.717, 1.165) is 6.42 Å². The van der Waals surface area contributed by atoms with Crippen molar-refractivity contribution in [3.05, 3.63) is 29.8 Å². The number of aliphatic hydroxyl groups is 1. The first-order valence-corrected chi connectivity index (χ1v) is 8.15. The minimum atomic E-state index is -2.89. The summed E-state index contributed by atoms with van der Waals surface area (Å²) in [5.74, 6) is -0.205. The maximum Gasteiger partial charge on any atom is 0.387 e. The van der Waals surface area contributed by atoms with Gasteiger partial charge in [-0.25, -0.2) is 0 Å². The number of hydrogen-bond acceptors (Lipinski definition) is 3. The van der Waals surface area contributed by atoms with Crippen LogP contribution in [0.1, 0.15) is 58.6 Å². The third-order valence-electron chi connectivity index (χ3n) is 3.78. The van der Waals surface area contributed by atoms with Crippen molar-refractivity contribution in [1.82, 2.24) is 5.32 Å². The second-order valence-corrected chi connectivity index (χ2v) is 6.95. The van der Waals surface area contributed by atoms with Gasteiger partial charge in [0.1, 0.15) is 5.75 Å². The van der Waals surface area contributed by atoms with E-state index in [9.17, 15) is 18.7 Å². The summed E-state index contributed by atoms with van der Waals surface area (Å²) in [5, 5.41) is 12.9. The van der Waals surface area contributed by atoms with Gasteiger partial charge >= 0.3 is 6.61 Å². The molecular formula is C18H27F2NO3. The van der Waals surface area contributed by atoms with Crippen molar-refractivity contribution in [2.75, 3.05) is 0 Å². The number of halogens is 2. The summed E-state index contributed by atoms with van der Waals surface area (Å²) in [6.07, 6.45) is 0.715. The molecule has 1 aromatic rings. The zero-order chi connectivity index (χ0) is 18.3. The Morgan fingerprint density at radius 3 is 2.54 bits per heavy atom. The van der Waals surface area contributed by atoms with E-state index in [1.54, 1.807) is 12.1 Å². The van der Waals surface area contributed by atoms with Gasteiger partial charge in [0.15, 0.2) is 0 Å². The molecular weight excluding hydrogens is 316 g/mol. The second kappa shape index (κ2) is 8.97. The van der Waals surface area contributed by atoms with Gasteiger partial charge in [-0.05, 0) is 29.5 Å². The lowest BCUT2D eigenvalue weighted by Gasteiger charge is -2.26. The van der Waals surface area contributed by atoms with Gasteiger partial charge in [0, 0.05) is 0 Å². The number of rotatable bonds is 8. The van der Waals surface area contributed by atoms with E-state index in [2.05, 4.69) is 10.1 Å². The van der Waals surface area contributed by atoms with E-state index >= 15 is 0 Å². The van der Waals surface area contributed by atoms with Crippen LogP contribution in [0.15, 0.2) is 24.3 Å². The van der Waals surface area contributed by atoms with Crippen LogP contribution >= 0.6 is 0 Å². The molecule has 0 spiro atoms. The molecule has 0 aromatic heterocycles. The Balaban J connectivity index is 2.81. The molecule has 1 aromatic carbocycles. The smallest absolute Gasteiger partial charge is 0.387 e. The summed E-state index contributed by atoms with van der Waals surface area (Å²) in [7, 11) is 0. The Morgan fingerprint density at radius 2 is 2.00 bits per heavy atom. The third-order valence-corrected chi connectivity index (χ3v) is 3.78. The quantitative estimate of drug-likeness (QED) is 0.749. The average molecular weight is 343 g/mol. The molecule has 0 fully saturated rings. The highest BCUT2D eigenvalue weighted by molar-refractivity contribution is 5.77. The summed E-state index contributed by atoms with van der Waals surface area (Å²) in [4.78, 5) is 12.2. The first-order chi connectivity index (χ1) is 11.1. The van der Waals surface area contributed by atoms with Gasteiger partial charge in [-0.15, -0.1) is 0 Å². The standard InChI is InChI=1S/C18H27F2NO3/c1-5-7-14(21-16(23)11-15(22)18(2,3)4)12-8-6-9-13(10-12)24-17(19)20/h6,8-10,14-15,17,22H,5,7,11H2,1-4H3,(H,21,23)/t14-,15-/m0/s1. The molecule has 0 unspecified atom stereocenters. The number of aliphatic hydroxyl groups excluding tert-OH is 1. The highest BCUT2D eigenvalue weighted by atomic mass is 19.3. The van der Waals surface area contributed by atoms with E-state index in [1.165, 1.54) is 12.1 Å². The molecule has 24 heavy (non-hydrogen) atoms. The SMILES string of the molecule is CCC[C@H](NC(=O)C[C@H](O)C(C)(C)C)c1cccc(OC(F)F)c1. The number of hydrogen-bond donors (Lipinski definition) is 2. The normalized spacial score (nSPS) is 14.3. The van der Waals surface area contributed by atoms with E-state index in [0.29, 0.717) is 12.0 Å². The lowest BCUT2D eigenvalue weighted by Crippen LogP contribution is -2.35. The number of carbonyl (C=O) groups is 1. The monoisotopic (exact) mass is 343 g/mol. The zero-order valence-electron chi connectivity index (χ0n) is 14.7. The third kappa shape index (κ3) is 6.83. The molecule has 6 heteroatoms. The van der Waals surface area contributed by atoms with Gasteiger partial charge in [0.25, 0.3) is 0 Å². The topological polar surface area (TPSA) is 58.6 Å². The zero-order valence-corrected chi connectivity index (χ0v) is 14.7. The van der Waals surface area contributed by atoms with Gasteiger partial charge in [0.2, 0.25) is 5.91 Å². The first-order valence-electron chi connectivity index (χ1n) is 8.15. The first kappa shape index (κ1) is 20.4. The predicted octanol–water partition coefficient (Wildman–Crippen LogP) is 4.04. The van der Waals surface area contributed by atoms with Crippen LogP contribution in [0.25, 0.3) is 0 Å². The van der Waals surface area contributed by atoms with E-state index < -0.39 is 12.7 Å². The Kier molecular flexibility index (Phi) is 7.60. The van der Waals surface area contributed by atoms with E-state index in [1.807, 2.05) is 27.7 Å². The second-order valence-electron chi connectivity index (χ2n) is 6.95. The summed E-state index contributed by atoms with van der Waals surface area (Å²) in [6, 6.07) is 6.03. The minimum Gasteiger partial charge on any atom is -0.435 e. The van der Waals surface area contributed by atoms with Gasteiger partial charge in [0.05, 0.1) is 18.6 Å². The molecule has 1 rings (SSSR count). The van der Waals surface area contributed by atoms with Crippen LogP contribution in [0.5, 0.6) is 5.75 Å². The molecule has 2 N–H and O–H groups in total. The average Bonchev–Trinajstić information content (AvgIpc) is 2.45. The van der Waals surface area contributed by atoms with Crippen LogP contribution in [-0.2, 0) is 4.79 Å². The van der Waals surface area contributed by atoms with Crippen molar-refractivity contribution in [1.29, 1.82) is 0 Å². The molecule has 0 saturated carbocycles. The van der Waals surface area contributed by atoms with Crippen molar-refractivity contribution in [2.24, 2.45) is 5.41 Å². The maximum absolute atomic E-state index is 12.3. The Labute approximate surface area is 142 Å². The summed E-state index contributed by atoms with van der Waals surface area (Å²) in [5.41, 5.74) is 0.316. The van der Waals surface area contributed by atoms with Gasteiger partial charge in [-0.2, -0.15) is 8.78 Å². The fourth-order valence-electron chi connectivity index (χ4n) is 2.25. The molecule has 0 radical (unpaired) electrons. The lowest BCUT2D eigenvalue weighted by atomic mass is 9.87. The van der Waals surface area contributed by atoms with Crippen LogP contribution in [-0.4, -0.2) is 23.7 Å². The highest BCUT2D eigenvalue weighted by Crippen LogP contribution is 2.25. The number of carbonyl (C=O) groups excluding carboxylic acids is 1. The molecule has 136 valence electrons. The molecule has 0 aliphatic carbocycles. The molecule has 2 atom stereocenters. The molecule has 0 bridgehead atoms. The fraction of sp³-hybridized carbons (Fsp3) is 0.611. The van der Waals surface area contributed by atoms with Crippen molar-refractivity contribution in [3.63, 3.8) is 0 Å². The van der Waals surface area contributed by atoms with Crippen LogP contribution < -0.4 is 10.1 Å². The molecule has 4 nitrogen and oxygen atoms in total.